The third kappa shape index (κ3) is 24.9. The number of fused-ring (bicyclic) bond motifs is 4. The summed E-state index contributed by atoms with van der Waals surface area (Å²) in [6, 6.07) is 52.5. The molecule has 7 amide bonds. The second kappa shape index (κ2) is 42.6. The molecule has 12 N–H and O–H groups in total. The average molecular weight is 1970 g/mol. The van der Waals surface area contributed by atoms with E-state index in [2.05, 4.69) is 75.1 Å². The highest BCUT2D eigenvalue weighted by atomic mass is 32.2. The molecule has 42 nitrogen and oxygen atoms in total. The van der Waals surface area contributed by atoms with Gasteiger partial charge in [-0.2, -0.15) is 10.4 Å². The number of aromatic nitrogens is 6. The minimum atomic E-state index is -3.66. The van der Waals surface area contributed by atoms with Crippen LogP contribution < -0.4 is 64.0 Å². The Hall–Kier alpha value is -17.2. The van der Waals surface area contributed by atoms with Gasteiger partial charge in [0, 0.05) is 104 Å². The van der Waals surface area contributed by atoms with Gasteiger partial charge in [-0.05, 0) is 110 Å². The van der Waals surface area contributed by atoms with E-state index >= 15 is 0 Å². The van der Waals surface area contributed by atoms with E-state index in [1.54, 1.807) is 173 Å². The number of hydrogen-bond acceptors (Lipinski definition) is 24. The second-order valence-corrected chi connectivity index (χ2v) is 39.9. The molecule has 9 aromatic carbocycles. The Labute approximate surface area is 798 Å². The van der Waals surface area contributed by atoms with Gasteiger partial charge >= 0.3 is 18.3 Å². The summed E-state index contributed by atoms with van der Waals surface area (Å²) in [5, 5.41) is 56.7. The summed E-state index contributed by atoms with van der Waals surface area (Å²) in [6.45, 7) is 35.3. The van der Waals surface area contributed by atoms with Crippen LogP contribution in [0.2, 0.25) is 0 Å². The summed E-state index contributed by atoms with van der Waals surface area (Å²) >= 11 is 0. The van der Waals surface area contributed by atoms with Crippen molar-refractivity contribution >= 4 is 178 Å². The molecule has 0 unspecified atom stereocenters. The normalized spacial score (nSPS) is 12.0. The van der Waals surface area contributed by atoms with Crippen molar-refractivity contribution in [1.82, 2.24) is 39.0 Å². The molecule has 0 saturated carbocycles. The molecule has 0 radical (unpaired) electrons. The number of H-pyrrole nitrogens is 2. The number of phenols is 2. The largest absolute Gasteiger partial charge is 0.505 e. The number of rotatable bonds is 25. The van der Waals surface area contributed by atoms with E-state index in [0.29, 0.717) is 62.5 Å². The van der Waals surface area contributed by atoms with Crippen LogP contribution in [0, 0.1) is 42.9 Å². The van der Waals surface area contributed by atoms with Crippen molar-refractivity contribution in [3.8, 4) is 69.2 Å². The maximum atomic E-state index is 13.6. The molecular weight excluding hydrogens is 1880 g/mol. The molecule has 46 heteroatoms. The van der Waals surface area contributed by atoms with Crippen LogP contribution in [0.1, 0.15) is 82.8 Å². The van der Waals surface area contributed by atoms with E-state index < -0.39 is 69.7 Å². The quantitative estimate of drug-likeness (QED) is 0.0187. The van der Waals surface area contributed by atoms with E-state index in [-0.39, 0.29) is 162 Å². The number of carbonyl (C=O) groups is 7. The first-order chi connectivity index (χ1) is 65.5. The monoisotopic (exact) mass is 1970 g/mol. The van der Waals surface area contributed by atoms with Gasteiger partial charge in [-0.3, -0.25) is 47.6 Å². The molecule has 0 saturated heterocycles. The number of anilines is 10. The smallest absolute Gasteiger partial charge is 0.423 e. The lowest BCUT2D eigenvalue weighted by molar-refractivity contribution is -0.119. The summed E-state index contributed by atoms with van der Waals surface area (Å²) in [6.07, 6.45) is 1.20. The van der Waals surface area contributed by atoms with Gasteiger partial charge in [0.05, 0.1) is 94.5 Å². The number of nitriles is 1. The van der Waals surface area contributed by atoms with Crippen LogP contribution in [-0.4, -0.2) is 177 Å². The molecule has 0 bridgehead atoms. The molecule has 14 rings (SSSR count). The molecule has 4 aromatic heterocycles. The zero-order valence-electron chi connectivity index (χ0n) is 76.9. The number of aromatic hydroxyl groups is 2. The number of ether oxygens (including phenoxy) is 4. The van der Waals surface area contributed by atoms with Crippen LogP contribution in [0.15, 0.2) is 188 Å². The number of para-hydroxylation sites is 3. The molecule has 0 spiro atoms. The number of benzene rings is 9. The first-order valence-corrected chi connectivity index (χ1v) is 49.0. The molecule has 13 aromatic rings. The van der Waals surface area contributed by atoms with Crippen molar-refractivity contribution in [2.45, 2.75) is 66.7 Å². The molecule has 0 atom stereocenters. The van der Waals surface area contributed by atoms with E-state index in [1.807, 2.05) is 32.0 Å². The van der Waals surface area contributed by atoms with E-state index in [4.69, 9.17) is 38.7 Å². The van der Waals surface area contributed by atoms with E-state index in [1.165, 1.54) is 88.9 Å². The van der Waals surface area contributed by atoms with Crippen molar-refractivity contribution in [3.63, 3.8) is 0 Å². The standard InChI is InChI=1S/C27H19N7O4S.C27H33N3O6S.C22H26N4O7S.C17H15N7O4S/c1-28-22-23(38-27(35)33(20-13-6-4-7-14-20)21-15-8-5-9-16-21)26-31-30-24(34(26)25(22)29-2)18-11-10-12-19(17-18)32-39(3,36)37;1-6-37(34,35)30-21-9-7-8-20-25(21)23(15-22(26(20)32)29-27(33)17(4)5)36-19-12-10-18(11-13-19)28-24(31)14-16(2)3;1-22(2)11-16(27)24-18-15(33-21(30)26(3)4)10-14(19(28)17(18)22)23-20(29)12-8-6-7-9-13(12)25-34(5,31)32;1-19-13-12(9-18)15-21-20-14(24(15)16(13)28-17(25)23(2)3)10-6-5-7-11(8-10)22-29(4,26)27/h4-17,31-32H,3H3;7-13,15-17,30,32H,6,14H2,1-5H3,(H,28,31)(H,29,33);6-10,25,28H,11H2,1-5H3,(H,23,29)(H,24,27);5-8,21-22H,2-4H3. The molecule has 139 heavy (non-hydrogen) atoms. The second-order valence-electron chi connectivity index (χ2n) is 32.7. The van der Waals surface area contributed by atoms with Crippen molar-refractivity contribution in [2.75, 3.05) is 97.8 Å². The number of carbonyl (C=O) groups excluding carboxylic acids is 7. The van der Waals surface area contributed by atoms with Gasteiger partial charge in [-0.1, -0.05) is 127 Å². The van der Waals surface area contributed by atoms with Gasteiger partial charge < -0.3 is 65.1 Å². The number of amides is 7. The van der Waals surface area contributed by atoms with Crippen molar-refractivity contribution in [2.24, 2.45) is 11.8 Å². The maximum Gasteiger partial charge on any atom is 0.423 e. The maximum absolute atomic E-state index is 13.6. The average Bonchev–Trinajstić information content (AvgIpc) is 1.21. The highest BCUT2D eigenvalue weighted by molar-refractivity contribution is 7.93. The minimum Gasteiger partial charge on any atom is -0.505 e. The van der Waals surface area contributed by atoms with Crippen LogP contribution in [0.25, 0.3) is 59.4 Å². The van der Waals surface area contributed by atoms with Gasteiger partial charge in [0.2, 0.25) is 81.0 Å². The zero-order chi connectivity index (χ0) is 102. The van der Waals surface area contributed by atoms with E-state index in [0.717, 1.165) is 18.8 Å². The molecule has 1 aliphatic rings. The summed E-state index contributed by atoms with van der Waals surface area (Å²) in [5.41, 5.74) is 3.07. The highest BCUT2D eigenvalue weighted by Crippen LogP contribution is 2.52. The first-order valence-electron chi connectivity index (χ1n) is 41.7. The van der Waals surface area contributed by atoms with Crippen LogP contribution in [-0.2, 0) is 59.9 Å². The van der Waals surface area contributed by atoms with Gasteiger partial charge in [-0.15, -0.1) is 5.10 Å². The summed E-state index contributed by atoms with van der Waals surface area (Å²) in [5.74, 6) is -1.61. The molecular formula is C93H93N21O21S4. The lowest BCUT2D eigenvalue weighted by Gasteiger charge is -2.34. The Morgan fingerprint density at radius 3 is 1.63 bits per heavy atom. The number of phenolic OH excluding ortho intramolecular Hbond substituents is 2. The number of aromatic amines is 2. The number of nitrogens with zero attached hydrogens (tertiary/aromatic N) is 11. The Morgan fingerprint density at radius 1 is 0.568 bits per heavy atom. The Kier molecular flexibility index (Phi) is 31.3. The van der Waals surface area contributed by atoms with Crippen molar-refractivity contribution in [3.05, 3.63) is 239 Å². The van der Waals surface area contributed by atoms with Gasteiger partial charge in [-0.25, -0.2) is 72.1 Å². The minimum absolute atomic E-state index is 0.00412. The van der Waals surface area contributed by atoms with Crippen LogP contribution in [0.4, 0.5) is 88.5 Å². The predicted molar refractivity (Wildman–Crippen MR) is 525 cm³/mol. The van der Waals surface area contributed by atoms with Crippen LogP contribution >= 0.6 is 0 Å². The highest BCUT2D eigenvalue weighted by Gasteiger charge is 2.40. The lowest BCUT2D eigenvalue weighted by atomic mass is 9.77. The van der Waals surface area contributed by atoms with Gasteiger partial charge in [0.25, 0.3) is 17.3 Å². The summed E-state index contributed by atoms with van der Waals surface area (Å²) in [7, 11) is -8.39. The summed E-state index contributed by atoms with van der Waals surface area (Å²) in [4.78, 5) is 102. The summed E-state index contributed by atoms with van der Waals surface area (Å²) < 4.78 is 129. The molecule has 1 aliphatic heterocycles. The van der Waals surface area contributed by atoms with Crippen LogP contribution in [0.3, 0.4) is 0 Å². The number of sulfonamides is 4. The Bertz CT molecular complexity index is 7630. The first kappa shape index (κ1) is 102. The fourth-order valence-corrected chi connectivity index (χ4v) is 16.2. The number of nitrogens with one attached hydrogen (secondary N) is 10. The van der Waals surface area contributed by atoms with Gasteiger partial charge in [0.15, 0.2) is 17.3 Å². The lowest BCUT2D eigenvalue weighted by Crippen LogP contribution is -2.34. The Balaban J connectivity index is 0.000000178. The molecule has 5 heterocycles. The fraction of sp³-hybridized carbons (Fsp3) is 0.215. The molecule has 0 aliphatic carbocycles. The molecule has 720 valence electrons. The number of hydrogen-bond donors (Lipinski definition) is 12. The molecule has 0 fully saturated rings. The predicted octanol–water partition coefficient (Wildman–Crippen LogP) is 16.7. The third-order valence-corrected chi connectivity index (χ3v) is 23.0. The van der Waals surface area contributed by atoms with Crippen molar-refractivity contribution < 1.29 is 96.4 Å². The van der Waals surface area contributed by atoms with Gasteiger partial charge in [0.1, 0.15) is 34.2 Å². The SMILES string of the molecule is CCS(=O)(=O)Nc1cccc2c(O)c(NC(=O)C(C)C)cc(Oc3ccc(NC(=O)CC(C)C)cc3)c12.CN(C)C(=O)Oc1cc(NC(=O)c2ccccc2NS(C)(=O)=O)c(O)c2c1NC(=O)CC2(C)C.[C-]#[N+]c1c(C#N)c2[nH]nc(-c3cccc(NS(C)(=O)=O)c3)n2c1OC(=O)N(C)C.[C-]#[N+]c1c(OC(=O)N(c2ccccc2)c2ccccc2)c2[nH]nc(-c3cccc(NS(C)(=O)=O)c3)n2c1[N+]#[C-]. The zero-order valence-corrected chi connectivity index (χ0v) is 80.1. The fourth-order valence-electron chi connectivity index (χ4n) is 13.8. The van der Waals surface area contributed by atoms with Crippen LogP contribution in [0.5, 0.6) is 40.4 Å². The Morgan fingerprint density at radius 2 is 1.09 bits per heavy atom. The van der Waals surface area contributed by atoms with E-state index in [9.17, 15) is 82.7 Å². The topological polar surface area (TPSA) is 542 Å². The third-order valence-electron chi connectivity index (χ3n) is 19.9. The van der Waals surface area contributed by atoms with Crippen molar-refractivity contribution in [1.29, 1.82) is 5.26 Å².